The number of hydrogen-bond acceptors (Lipinski definition) is 3. The molecule has 3 aromatic rings. The molecule has 0 radical (unpaired) electrons. The summed E-state index contributed by atoms with van der Waals surface area (Å²) in [4.78, 5) is 15.0. The Morgan fingerprint density at radius 2 is 1.78 bits per heavy atom. The fraction of sp³-hybridized carbons (Fsp3) is 0.208. The first-order chi connectivity index (χ1) is 15.3. The molecule has 1 atom stereocenters. The molecule has 8 heteroatoms. The molecule has 32 heavy (non-hydrogen) atoms. The molecule has 0 fully saturated rings. The second-order valence-corrected chi connectivity index (χ2v) is 10.7. The molecule has 0 bridgehead atoms. The van der Waals surface area contributed by atoms with E-state index < -0.39 is 15.8 Å². The lowest BCUT2D eigenvalue weighted by molar-refractivity contribution is -0.119. The van der Waals surface area contributed by atoms with Gasteiger partial charge in [0.15, 0.2) is 0 Å². The van der Waals surface area contributed by atoms with Gasteiger partial charge >= 0.3 is 0 Å². The van der Waals surface area contributed by atoms with Crippen molar-refractivity contribution in [2.75, 3.05) is 11.4 Å². The van der Waals surface area contributed by atoms with E-state index in [0.29, 0.717) is 6.42 Å². The summed E-state index contributed by atoms with van der Waals surface area (Å²) in [6, 6.07) is 19.4. The number of amides is 1. The Balaban J connectivity index is 1.66. The van der Waals surface area contributed by atoms with Crippen LogP contribution < -0.4 is 4.90 Å². The van der Waals surface area contributed by atoms with Crippen molar-refractivity contribution in [1.29, 1.82) is 0 Å². The number of nitrogens with zero attached hydrogens (tertiary/aromatic N) is 2. The molecule has 1 amide bonds. The minimum absolute atomic E-state index is 0.0295. The van der Waals surface area contributed by atoms with Gasteiger partial charge in [-0.1, -0.05) is 46.3 Å². The number of sulfonamides is 1. The maximum atomic E-state index is 13.4. The molecular weight excluding hydrogens is 495 g/mol. The molecule has 3 aromatic carbocycles. The lowest BCUT2D eigenvalue weighted by Crippen LogP contribution is -2.44. The number of hydrogen-bond donors (Lipinski definition) is 0. The molecule has 166 valence electrons. The monoisotopic (exact) mass is 516 g/mol. The maximum absolute atomic E-state index is 13.4. The molecule has 0 aromatic heterocycles. The number of anilines is 1. The summed E-state index contributed by atoms with van der Waals surface area (Å²) < 4.78 is 42.3. The first-order valence-corrected chi connectivity index (χ1v) is 12.4. The number of carbonyl (C=O) groups excluding carboxylic acids is 1. The summed E-state index contributed by atoms with van der Waals surface area (Å²) in [5.74, 6) is -0.830. The predicted molar refractivity (Wildman–Crippen MR) is 125 cm³/mol. The highest BCUT2D eigenvalue weighted by Gasteiger charge is 2.34. The number of halogens is 2. The third-order valence-electron chi connectivity index (χ3n) is 5.49. The van der Waals surface area contributed by atoms with E-state index >= 15 is 0 Å². The van der Waals surface area contributed by atoms with Crippen LogP contribution in [0.5, 0.6) is 0 Å². The largest absolute Gasteiger partial charge is 0.308 e. The number of fused-ring (bicyclic) bond motifs is 1. The highest BCUT2D eigenvalue weighted by Crippen LogP contribution is 2.34. The van der Waals surface area contributed by atoms with Crippen LogP contribution in [0.25, 0.3) is 0 Å². The fourth-order valence-electron chi connectivity index (χ4n) is 3.98. The number of carbonyl (C=O) groups is 1. The summed E-state index contributed by atoms with van der Waals surface area (Å²) in [5.41, 5.74) is 2.59. The van der Waals surface area contributed by atoms with Gasteiger partial charge in [0.25, 0.3) is 0 Å². The van der Waals surface area contributed by atoms with Gasteiger partial charge in [-0.05, 0) is 66.9 Å². The zero-order valence-corrected chi connectivity index (χ0v) is 19.8. The Morgan fingerprint density at radius 3 is 2.47 bits per heavy atom. The summed E-state index contributed by atoms with van der Waals surface area (Å²) >= 11 is 3.46. The minimum atomic E-state index is -4.03. The Hall–Kier alpha value is -2.55. The summed E-state index contributed by atoms with van der Waals surface area (Å²) in [6.45, 7) is 1.65. The van der Waals surface area contributed by atoms with E-state index in [1.807, 2.05) is 55.5 Å². The zero-order chi connectivity index (χ0) is 22.9. The van der Waals surface area contributed by atoms with Gasteiger partial charge < -0.3 is 4.90 Å². The quantitative estimate of drug-likeness (QED) is 0.474. The molecular formula is C24H22BrFN2O3S. The standard InChI is InChI=1S/C24H22BrFN2O3S/c1-17-13-19-14-20(25)7-12-23(19)28(17)24(29)16-27(15-18-5-3-2-4-6-18)32(30,31)22-10-8-21(26)9-11-22/h2-12,14,17H,13,15-16H2,1H3/t17-/m0/s1. The third-order valence-corrected chi connectivity index (χ3v) is 7.79. The van der Waals surface area contributed by atoms with Crippen molar-refractivity contribution in [2.45, 2.75) is 30.8 Å². The molecule has 1 heterocycles. The van der Waals surface area contributed by atoms with E-state index in [1.54, 1.807) is 4.90 Å². The summed E-state index contributed by atoms with van der Waals surface area (Å²) in [5, 5.41) is 0. The summed E-state index contributed by atoms with van der Waals surface area (Å²) in [7, 11) is -4.03. The van der Waals surface area contributed by atoms with E-state index in [9.17, 15) is 17.6 Å². The minimum Gasteiger partial charge on any atom is -0.308 e. The topological polar surface area (TPSA) is 57.7 Å². The van der Waals surface area contributed by atoms with E-state index in [4.69, 9.17) is 0 Å². The average Bonchev–Trinajstić information content (AvgIpc) is 3.09. The highest BCUT2D eigenvalue weighted by atomic mass is 79.9. The van der Waals surface area contributed by atoms with Gasteiger partial charge in [-0.3, -0.25) is 4.79 Å². The van der Waals surface area contributed by atoms with Crippen LogP contribution in [0.3, 0.4) is 0 Å². The molecule has 5 nitrogen and oxygen atoms in total. The van der Waals surface area contributed by atoms with Gasteiger partial charge in [-0.2, -0.15) is 4.31 Å². The van der Waals surface area contributed by atoms with Crippen molar-refractivity contribution in [3.8, 4) is 0 Å². The van der Waals surface area contributed by atoms with Crippen LogP contribution in [-0.2, 0) is 27.8 Å². The van der Waals surface area contributed by atoms with Gasteiger partial charge in [0.1, 0.15) is 5.82 Å². The Bertz CT molecular complexity index is 1230. The van der Waals surface area contributed by atoms with Crippen LogP contribution in [0.1, 0.15) is 18.1 Å². The first kappa shape index (κ1) is 22.6. The molecule has 0 saturated heterocycles. The van der Waals surface area contributed by atoms with E-state index in [1.165, 1.54) is 12.1 Å². The van der Waals surface area contributed by atoms with Crippen LogP contribution in [0.2, 0.25) is 0 Å². The summed E-state index contributed by atoms with van der Waals surface area (Å²) in [6.07, 6.45) is 0.698. The predicted octanol–water partition coefficient (Wildman–Crippen LogP) is 4.76. The Kier molecular flexibility index (Phi) is 6.46. The van der Waals surface area contributed by atoms with Crippen molar-refractivity contribution in [3.63, 3.8) is 0 Å². The van der Waals surface area contributed by atoms with Crippen molar-refractivity contribution in [3.05, 3.63) is 94.2 Å². The van der Waals surface area contributed by atoms with Crippen LogP contribution in [-0.4, -0.2) is 31.2 Å². The van der Waals surface area contributed by atoms with Crippen molar-refractivity contribution in [1.82, 2.24) is 4.31 Å². The van der Waals surface area contributed by atoms with Crippen LogP contribution >= 0.6 is 15.9 Å². The average molecular weight is 517 g/mol. The van der Waals surface area contributed by atoms with Crippen molar-refractivity contribution < 1.29 is 17.6 Å². The molecule has 0 unspecified atom stereocenters. The smallest absolute Gasteiger partial charge is 0.243 e. The SMILES string of the molecule is C[C@H]1Cc2cc(Br)ccc2N1C(=O)CN(Cc1ccccc1)S(=O)(=O)c1ccc(F)cc1. The second kappa shape index (κ2) is 9.13. The highest BCUT2D eigenvalue weighted by molar-refractivity contribution is 9.10. The molecule has 1 aliphatic rings. The van der Waals surface area contributed by atoms with Gasteiger partial charge in [0, 0.05) is 22.7 Å². The second-order valence-electron chi connectivity index (χ2n) is 7.80. The zero-order valence-electron chi connectivity index (χ0n) is 17.4. The van der Waals surface area contributed by atoms with Crippen LogP contribution in [0, 0.1) is 5.82 Å². The molecule has 1 aliphatic heterocycles. The first-order valence-electron chi connectivity index (χ1n) is 10.2. The number of benzene rings is 3. The van der Waals surface area contributed by atoms with Crippen molar-refractivity contribution >= 4 is 37.5 Å². The van der Waals surface area contributed by atoms with E-state index in [2.05, 4.69) is 15.9 Å². The lowest BCUT2D eigenvalue weighted by Gasteiger charge is -2.27. The van der Waals surface area contributed by atoms with Crippen molar-refractivity contribution in [2.24, 2.45) is 0 Å². The van der Waals surface area contributed by atoms with E-state index in [-0.39, 0.29) is 29.9 Å². The molecule has 0 aliphatic carbocycles. The third kappa shape index (κ3) is 4.62. The normalized spacial score (nSPS) is 15.8. The van der Waals surface area contributed by atoms with Crippen LogP contribution in [0.4, 0.5) is 10.1 Å². The van der Waals surface area contributed by atoms with Gasteiger partial charge in [0.05, 0.1) is 11.4 Å². The maximum Gasteiger partial charge on any atom is 0.243 e. The Morgan fingerprint density at radius 1 is 1.09 bits per heavy atom. The van der Waals surface area contributed by atoms with Gasteiger partial charge in [-0.15, -0.1) is 0 Å². The molecule has 0 N–H and O–H groups in total. The lowest BCUT2D eigenvalue weighted by atomic mass is 10.1. The number of rotatable bonds is 6. The molecule has 0 saturated carbocycles. The van der Waals surface area contributed by atoms with Crippen LogP contribution in [0.15, 0.2) is 82.2 Å². The molecule has 4 rings (SSSR count). The fourth-order valence-corrected chi connectivity index (χ4v) is 5.76. The van der Waals surface area contributed by atoms with Gasteiger partial charge in [-0.25, -0.2) is 12.8 Å². The van der Waals surface area contributed by atoms with Gasteiger partial charge in [0.2, 0.25) is 15.9 Å². The van der Waals surface area contributed by atoms with E-state index in [0.717, 1.165) is 37.7 Å². The Labute approximate surface area is 195 Å². The molecule has 0 spiro atoms.